The molecule has 0 amide bonds. The first-order valence-corrected chi connectivity index (χ1v) is 4.19. The van der Waals surface area contributed by atoms with Crippen molar-refractivity contribution in [2.45, 2.75) is 12.8 Å². The van der Waals surface area contributed by atoms with Crippen LogP contribution in [0.1, 0.15) is 12.8 Å². The third-order valence-corrected chi connectivity index (χ3v) is 1.36. The molecular formula is C9H14N2O3. The summed E-state index contributed by atoms with van der Waals surface area (Å²) in [6.45, 7) is 0.567. The van der Waals surface area contributed by atoms with Gasteiger partial charge in [-0.25, -0.2) is 4.79 Å². The molecule has 0 heterocycles. The molecule has 5 nitrogen and oxygen atoms in total. The second kappa shape index (κ2) is 8.08. The van der Waals surface area contributed by atoms with E-state index in [2.05, 4.69) is 4.74 Å². The van der Waals surface area contributed by atoms with E-state index in [1.165, 1.54) is 6.08 Å². The quantitative estimate of drug-likeness (QED) is 0.377. The normalized spacial score (nSPS) is 10.7. The van der Waals surface area contributed by atoms with Crippen molar-refractivity contribution < 1.29 is 14.3 Å². The monoisotopic (exact) mass is 198 g/mol. The van der Waals surface area contributed by atoms with E-state index in [0.717, 1.165) is 0 Å². The highest BCUT2D eigenvalue weighted by Crippen LogP contribution is 1.94. The second-order valence-corrected chi connectivity index (χ2v) is 2.54. The summed E-state index contributed by atoms with van der Waals surface area (Å²) in [5.74, 6) is -0.520. The van der Waals surface area contributed by atoms with Gasteiger partial charge in [-0.1, -0.05) is 0 Å². The third-order valence-electron chi connectivity index (χ3n) is 1.36. The molecule has 14 heavy (non-hydrogen) atoms. The minimum Gasteiger partial charge on any atom is -0.461 e. The first kappa shape index (κ1) is 12.5. The number of methoxy groups -OCH3 is 1. The number of hydrogen-bond donors (Lipinski definition) is 1. The average Bonchev–Trinajstić information content (AvgIpc) is 2.15. The maximum Gasteiger partial charge on any atom is 0.332 e. The summed E-state index contributed by atoms with van der Waals surface area (Å²) in [6.07, 6.45) is 1.89. The zero-order chi connectivity index (χ0) is 10.8. The van der Waals surface area contributed by atoms with Crippen molar-refractivity contribution in [2.75, 3.05) is 20.3 Å². The number of nitrogens with two attached hydrogens (primary N) is 1. The van der Waals surface area contributed by atoms with Crippen molar-refractivity contribution in [3.8, 4) is 6.07 Å². The molecule has 0 atom stereocenters. The summed E-state index contributed by atoms with van der Waals surface area (Å²) in [4.78, 5) is 11.0. The summed E-state index contributed by atoms with van der Waals surface area (Å²) >= 11 is 0. The van der Waals surface area contributed by atoms with Gasteiger partial charge in [0.15, 0.2) is 0 Å². The molecule has 0 aromatic rings. The molecule has 0 aliphatic heterocycles. The number of rotatable bonds is 6. The minimum absolute atomic E-state index is 0.101. The van der Waals surface area contributed by atoms with E-state index in [4.69, 9.17) is 15.7 Å². The van der Waals surface area contributed by atoms with Gasteiger partial charge >= 0.3 is 5.97 Å². The Kier molecular flexibility index (Phi) is 7.19. The molecule has 78 valence electrons. The fourth-order valence-electron chi connectivity index (χ4n) is 0.682. The minimum atomic E-state index is -0.520. The van der Waals surface area contributed by atoms with Crippen LogP contribution in [0.3, 0.4) is 0 Å². The first-order valence-electron chi connectivity index (χ1n) is 4.19. The van der Waals surface area contributed by atoms with Crippen molar-refractivity contribution >= 4 is 5.97 Å². The number of carbonyl (C=O) groups excluding carboxylic acids is 1. The number of hydrogen-bond acceptors (Lipinski definition) is 5. The fraction of sp³-hybridized carbons (Fsp3) is 0.556. The number of esters is 1. The molecule has 0 bridgehead atoms. The molecule has 2 N–H and O–H groups in total. The van der Waals surface area contributed by atoms with Gasteiger partial charge in [-0.15, -0.1) is 0 Å². The van der Waals surface area contributed by atoms with Gasteiger partial charge in [-0.2, -0.15) is 5.26 Å². The molecule has 0 aliphatic rings. The van der Waals surface area contributed by atoms with Crippen molar-refractivity contribution in [1.29, 1.82) is 5.26 Å². The molecule has 0 spiro atoms. The van der Waals surface area contributed by atoms with Crippen molar-refractivity contribution in [2.24, 2.45) is 5.73 Å². The Balaban J connectivity index is 3.73. The smallest absolute Gasteiger partial charge is 0.332 e. The number of ether oxygens (including phenoxy) is 2. The Morgan fingerprint density at radius 3 is 2.86 bits per heavy atom. The van der Waals surface area contributed by atoms with Crippen LogP contribution in [0, 0.1) is 11.3 Å². The topological polar surface area (TPSA) is 85.3 Å². The lowest BCUT2D eigenvalue weighted by Crippen LogP contribution is -2.08. The van der Waals surface area contributed by atoms with Crippen LogP contribution < -0.4 is 5.73 Å². The van der Waals surface area contributed by atoms with Crippen LogP contribution in [-0.4, -0.2) is 26.3 Å². The SMILES string of the molecule is COCCC(N)=CC(=O)OCCC#N. The van der Waals surface area contributed by atoms with Gasteiger partial charge in [0.2, 0.25) is 0 Å². The predicted molar refractivity (Wildman–Crippen MR) is 50.0 cm³/mol. The standard InChI is InChI=1S/C9H14N2O3/c1-13-6-3-8(11)7-9(12)14-5-2-4-10/h7H,2-3,5-6,11H2,1H3. The van der Waals surface area contributed by atoms with Crippen molar-refractivity contribution in [3.05, 3.63) is 11.8 Å². The Morgan fingerprint density at radius 2 is 2.29 bits per heavy atom. The molecule has 0 aromatic carbocycles. The van der Waals surface area contributed by atoms with Crippen LogP contribution in [0.25, 0.3) is 0 Å². The zero-order valence-corrected chi connectivity index (χ0v) is 8.16. The molecule has 0 rings (SSSR count). The summed E-state index contributed by atoms with van der Waals surface area (Å²) in [5.41, 5.74) is 5.89. The van der Waals surface area contributed by atoms with E-state index in [1.807, 2.05) is 6.07 Å². The number of nitriles is 1. The van der Waals surface area contributed by atoms with Crippen molar-refractivity contribution in [1.82, 2.24) is 0 Å². The molecule has 0 fully saturated rings. The molecule has 0 aliphatic carbocycles. The maximum atomic E-state index is 11.0. The van der Waals surface area contributed by atoms with Crippen LogP contribution >= 0.6 is 0 Å². The van der Waals surface area contributed by atoms with Crippen LogP contribution in [-0.2, 0) is 14.3 Å². The Bertz CT molecular complexity index is 243. The van der Waals surface area contributed by atoms with Gasteiger partial charge in [0, 0.05) is 25.3 Å². The van der Waals surface area contributed by atoms with Gasteiger partial charge in [0.1, 0.15) is 6.61 Å². The van der Waals surface area contributed by atoms with Crippen LogP contribution in [0.5, 0.6) is 0 Å². The highest BCUT2D eigenvalue weighted by Gasteiger charge is 1.99. The first-order chi connectivity index (χ1) is 6.70. The zero-order valence-electron chi connectivity index (χ0n) is 8.16. The van der Waals surface area contributed by atoms with E-state index in [1.54, 1.807) is 7.11 Å². The Labute approximate surface area is 83.1 Å². The molecule has 0 radical (unpaired) electrons. The summed E-state index contributed by atoms with van der Waals surface area (Å²) < 4.78 is 9.45. The molecule has 5 heteroatoms. The van der Waals surface area contributed by atoms with Crippen LogP contribution in [0.2, 0.25) is 0 Å². The average molecular weight is 198 g/mol. The van der Waals surface area contributed by atoms with Gasteiger partial charge in [0.05, 0.1) is 19.1 Å². The highest BCUT2D eigenvalue weighted by molar-refractivity contribution is 5.82. The lowest BCUT2D eigenvalue weighted by Gasteiger charge is -2.00. The van der Waals surface area contributed by atoms with Gasteiger partial charge in [-0.05, 0) is 0 Å². The fourth-order valence-corrected chi connectivity index (χ4v) is 0.682. The highest BCUT2D eigenvalue weighted by atomic mass is 16.5. The van der Waals surface area contributed by atoms with Gasteiger partial charge < -0.3 is 15.2 Å². The van der Waals surface area contributed by atoms with Crippen molar-refractivity contribution in [3.63, 3.8) is 0 Å². The lowest BCUT2D eigenvalue weighted by atomic mass is 10.3. The Morgan fingerprint density at radius 1 is 1.57 bits per heavy atom. The molecule has 0 unspecified atom stereocenters. The second-order valence-electron chi connectivity index (χ2n) is 2.54. The van der Waals surface area contributed by atoms with E-state index in [0.29, 0.717) is 18.7 Å². The number of carbonyl (C=O) groups is 1. The largest absolute Gasteiger partial charge is 0.461 e. The summed E-state index contributed by atoms with van der Waals surface area (Å²) in [7, 11) is 1.55. The predicted octanol–water partition coefficient (Wildman–Crippen LogP) is 0.322. The van der Waals surface area contributed by atoms with E-state index >= 15 is 0 Å². The van der Waals surface area contributed by atoms with Gasteiger partial charge in [-0.3, -0.25) is 0 Å². The Hall–Kier alpha value is -1.54. The van der Waals surface area contributed by atoms with E-state index < -0.39 is 5.97 Å². The van der Waals surface area contributed by atoms with Gasteiger partial charge in [0.25, 0.3) is 0 Å². The maximum absolute atomic E-state index is 11.0. The molecule has 0 aromatic heterocycles. The van der Waals surface area contributed by atoms with Crippen LogP contribution in [0.15, 0.2) is 11.8 Å². The van der Waals surface area contributed by atoms with E-state index in [9.17, 15) is 4.79 Å². The molecular weight excluding hydrogens is 184 g/mol. The lowest BCUT2D eigenvalue weighted by molar-refractivity contribution is -0.137. The number of nitrogens with zero attached hydrogens (tertiary/aromatic N) is 1. The van der Waals surface area contributed by atoms with E-state index in [-0.39, 0.29) is 13.0 Å². The molecule has 0 saturated carbocycles. The summed E-state index contributed by atoms with van der Waals surface area (Å²) in [5, 5.41) is 8.18. The summed E-state index contributed by atoms with van der Waals surface area (Å²) in [6, 6.07) is 1.86. The molecule has 0 saturated heterocycles. The van der Waals surface area contributed by atoms with Crippen LogP contribution in [0.4, 0.5) is 0 Å². The third kappa shape index (κ3) is 7.13.